The van der Waals surface area contributed by atoms with E-state index in [-0.39, 0.29) is 6.42 Å². The van der Waals surface area contributed by atoms with E-state index in [1.54, 1.807) is 24.3 Å². The van der Waals surface area contributed by atoms with Gasteiger partial charge >= 0.3 is 0 Å². The molecule has 8 nitrogen and oxygen atoms in total. The van der Waals surface area contributed by atoms with Gasteiger partial charge in [0.15, 0.2) is 0 Å². The third-order valence-corrected chi connectivity index (χ3v) is 4.09. The molecule has 4 rings (SSSR count). The molecule has 130 valence electrons. The minimum Gasteiger partial charge on any atom is -0.340 e. The first-order valence-electron chi connectivity index (χ1n) is 8.05. The smallest absolute Gasteiger partial charge is 0.254 e. The Morgan fingerprint density at radius 3 is 2.69 bits per heavy atom. The summed E-state index contributed by atoms with van der Waals surface area (Å²) in [6.45, 7) is 0. The van der Waals surface area contributed by atoms with Crippen LogP contribution < -0.4 is 16.0 Å². The van der Waals surface area contributed by atoms with Crippen LogP contribution in [0.2, 0.25) is 0 Å². The van der Waals surface area contributed by atoms with Crippen LogP contribution in [0.5, 0.6) is 0 Å². The number of benzene rings is 2. The number of H-pyrrole nitrogens is 1. The van der Waals surface area contributed by atoms with E-state index in [9.17, 15) is 14.4 Å². The quantitative estimate of drug-likeness (QED) is 0.575. The summed E-state index contributed by atoms with van der Waals surface area (Å²) >= 11 is 0. The van der Waals surface area contributed by atoms with E-state index in [0.717, 1.165) is 11.0 Å². The van der Waals surface area contributed by atoms with Crippen molar-refractivity contribution in [1.82, 2.24) is 15.3 Å². The van der Waals surface area contributed by atoms with Crippen molar-refractivity contribution in [3.8, 4) is 0 Å². The van der Waals surface area contributed by atoms with Gasteiger partial charge in [0.1, 0.15) is 6.04 Å². The predicted molar refractivity (Wildman–Crippen MR) is 95.7 cm³/mol. The van der Waals surface area contributed by atoms with Crippen molar-refractivity contribution in [2.75, 3.05) is 10.6 Å². The highest BCUT2D eigenvalue weighted by atomic mass is 16.2. The number of nitrogens with one attached hydrogen (secondary N) is 4. The van der Waals surface area contributed by atoms with Gasteiger partial charge in [-0.1, -0.05) is 24.3 Å². The van der Waals surface area contributed by atoms with Crippen molar-refractivity contribution in [2.24, 2.45) is 0 Å². The molecule has 2 aromatic carbocycles. The van der Waals surface area contributed by atoms with Gasteiger partial charge in [0.2, 0.25) is 17.8 Å². The number of aromatic amines is 1. The number of imidazole rings is 1. The van der Waals surface area contributed by atoms with Crippen LogP contribution in [0.3, 0.4) is 0 Å². The minimum absolute atomic E-state index is 0.206. The first-order chi connectivity index (χ1) is 12.6. The van der Waals surface area contributed by atoms with Gasteiger partial charge in [0.05, 0.1) is 28.7 Å². The summed E-state index contributed by atoms with van der Waals surface area (Å²) < 4.78 is 0. The molecule has 8 heteroatoms. The Labute approximate surface area is 148 Å². The number of fused-ring (bicyclic) bond motifs is 2. The molecule has 3 aromatic rings. The lowest BCUT2D eigenvalue weighted by Gasteiger charge is -2.13. The van der Waals surface area contributed by atoms with Crippen LogP contribution in [0.4, 0.5) is 11.6 Å². The Morgan fingerprint density at radius 1 is 1.08 bits per heavy atom. The Balaban J connectivity index is 1.47. The minimum atomic E-state index is -0.973. The van der Waals surface area contributed by atoms with Crippen LogP contribution in [-0.4, -0.2) is 33.7 Å². The zero-order valence-electron chi connectivity index (χ0n) is 13.6. The van der Waals surface area contributed by atoms with E-state index in [0.29, 0.717) is 17.2 Å². The molecule has 0 fully saturated rings. The second kappa shape index (κ2) is 6.32. The zero-order chi connectivity index (χ0) is 18.1. The van der Waals surface area contributed by atoms with Crippen LogP contribution in [0.25, 0.3) is 11.0 Å². The maximum atomic E-state index is 12.3. The lowest BCUT2D eigenvalue weighted by atomic mass is 10.1. The number of rotatable bonds is 3. The molecule has 2 heterocycles. The van der Waals surface area contributed by atoms with Gasteiger partial charge in [-0.15, -0.1) is 0 Å². The summed E-state index contributed by atoms with van der Waals surface area (Å²) in [5.74, 6) is -0.987. The molecular weight excluding hydrogens is 334 g/mol. The normalized spacial score (nSPS) is 16.4. The summed E-state index contributed by atoms with van der Waals surface area (Å²) in [4.78, 5) is 44.1. The standard InChI is InChI=1S/C18H15N5O3/c24-15(23-18-21-12-7-3-4-8-13(12)22-18)9-14-17(26)19-11-6-2-1-5-10(11)16(25)20-14/h1-8,14H,9H2,(H,19,26)(H,20,25)(H2,21,22,23,24)/t14-/m0/s1. The molecule has 26 heavy (non-hydrogen) atoms. The lowest BCUT2D eigenvalue weighted by molar-refractivity contribution is -0.122. The molecule has 0 saturated heterocycles. The lowest BCUT2D eigenvalue weighted by Crippen LogP contribution is -2.43. The summed E-state index contributed by atoms with van der Waals surface area (Å²) in [5.41, 5.74) is 2.30. The molecule has 4 N–H and O–H groups in total. The largest absolute Gasteiger partial charge is 0.340 e. The fourth-order valence-corrected chi connectivity index (χ4v) is 2.84. The number of amides is 3. The molecule has 0 spiro atoms. The van der Waals surface area contributed by atoms with Crippen molar-refractivity contribution in [2.45, 2.75) is 12.5 Å². The molecule has 1 aromatic heterocycles. The molecule has 0 bridgehead atoms. The van der Waals surface area contributed by atoms with Gasteiger partial charge in [-0.2, -0.15) is 0 Å². The second-order valence-electron chi connectivity index (χ2n) is 5.92. The summed E-state index contributed by atoms with van der Waals surface area (Å²) in [6.07, 6.45) is -0.206. The number of carbonyl (C=O) groups is 3. The Hall–Kier alpha value is -3.68. The molecule has 0 aliphatic carbocycles. The highest BCUT2D eigenvalue weighted by molar-refractivity contribution is 6.11. The van der Waals surface area contributed by atoms with Gasteiger partial charge in [0.25, 0.3) is 5.91 Å². The monoisotopic (exact) mass is 349 g/mol. The Bertz CT molecular complexity index is 993. The van der Waals surface area contributed by atoms with Gasteiger partial charge in [-0.25, -0.2) is 4.98 Å². The Morgan fingerprint density at radius 2 is 1.85 bits per heavy atom. The van der Waals surface area contributed by atoms with E-state index in [2.05, 4.69) is 25.9 Å². The summed E-state index contributed by atoms with van der Waals surface area (Å²) in [5, 5.41) is 7.87. The average Bonchev–Trinajstić information content (AvgIpc) is 2.98. The number of nitrogens with zero attached hydrogens (tertiary/aromatic N) is 1. The molecule has 1 atom stereocenters. The fraction of sp³-hybridized carbons (Fsp3) is 0.111. The van der Waals surface area contributed by atoms with E-state index in [4.69, 9.17) is 0 Å². The van der Waals surface area contributed by atoms with Crippen molar-refractivity contribution in [3.05, 3.63) is 54.1 Å². The number of hydrogen-bond acceptors (Lipinski definition) is 4. The van der Waals surface area contributed by atoms with E-state index >= 15 is 0 Å². The molecular formula is C18H15N5O3. The van der Waals surface area contributed by atoms with Crippen LogP contribution in [-0.2, 0) is 9.59 Å². The van der Waals surface area contributed by atoms with E-state index in [1.165, 1.54) is 0 Å². The first kappa shape index (κ1) is 15.8. The van der Waals surface area contributed by atoms with Crippen LogP contribution in [0.15, 0.2) is 48.5 Å². The summed E-state index contributed by atoms with van der Waals surface area (Å²) in [7, 11) is 0. The number of anilines is 2. The molecule has 0 unspecified atom stereocenters. The first-order valence-corrected chi connectivity index (χ1v) is 8.05. The van der Waals surface area contributed by atoms with Crippen molar-refractivity contribution < 1.29 is 14.4 Å². The predicted octanol–water partition coefficient (Wildman–Crippen LogP) is 1.64. The van der Waals surface area contributed by atoms with E-state index < -0.39 is 23.8 Å². The van der Waals surface area contributed by atoms with Gasteiger partial charge < -0.3 is 15.6 Å². The third kappa shape index (κ3) is 3.00. The van der Waals surface area contributed by atoms with Gasteiger partial charge in [-0.05, 0) is 24.3 Å². The molecule has 1 aliphatic rings. The zero-order valence-corrected chi connectivity index (χ0v) is 13.6. The Kier molecular flexibility index (Phi) is 3.85. The van der Waals surface area contributed by atoms with E-state index in [1.807, 2.05) is 24.3 Å². The molecule has 3 amide bonds. The second-order valence-corrected chi connectivity index (χ2v) is 5.92. The van der Waals surface area contributed by atoms with Gasteiger partial charge in [0, 0.05) is 0 Å². The van der Waals surface area contributed by atoms with Crippen molar-refractivity contribution >= 4 is 40.4 Å². The number of hydrogen-bond donors (Lipinski definition) is 4. The summed E-state index contributed by atoms with van der Waals surface area (Å²) in [6, 6.07) is 13.1. The van der Waals surface area contributed by atoms with Crippen molar-refractivity contribution in [3.63, 3.8) is 0 Å². The SMILES string of the molecule is O=C(C[C@@H]1NC(=O)c2ccccc2NC1=O)Nc1nc2ccccc2[nH]1. The molecule has 1 aliphatic heterocycles. The highest BCUT2D eigenvalue weighted by Crippen LogP contribution is 2.19. The number of carbonyl (C=O) groups excluding carboxylic acids is 3. The van der Waals surface area contributed by atoms with Crippen LogP contribution >= 0.6 is 0 Å². The van der Waals surface area contributed by atoms with Crippen molar-refractivity contribution in [1.29, 1.82) is 0 Å². The van der Waals surface area contributed by atoms with Gasteiger partial charge in [-0.3, -0.25) is 19.7 Å². The molecule has 0 saturated carbocycles. The maximum Gasteiger partial charge on any atom is 0.254 e. The highest BCUT2D eigenvalue weighted by Gasteiger charge is 2.29. The molecule has 0 radical (unpaired) electrons. The fourth-order valence-electron chi connectivity index (χ4n) is 2.84. The van der Waals surface area contributed by atoms with Crippen LogP contribution in [0.1, 0.15) is 16.8 Å². The topological polar surface area (TPSA) is 116 Å². The third-order valence-electron chi connectivity index (χ3n) is 4.09. The number of para-hydroxylation sites is 3. The van der Waals surface area contributed by atoms with Crippen LogP contribution in [0, 0.1) is 0 Å². The number of aromatic nitrogens is 2. The average molecular weight is 349 g/mol. The maximum absolute atomic E-state index is 12.3.